The molecule has 2 atom stereocenters. The van der Waals surface area contributed by atoms with Crippen LogP contribution in [0.15, 0.2) is 82.3 Å². The summed E-state index contributed by atoms with van der Waals surface area (Å²) in [7, 11) is 0. The molecule has 2 aliphatic rings. The van der Waals surface area contributed by atoms with Crippen LogP contribution in [-0.4, -0.2) is 81.1 Å². The van der Waals surface area contributed by atoms with Crippen LogP contribution in [0.25, 0.3) is 10.9 Å². The van der Waals surface area contributed by atoms with Crippen molar-refractivity contribution in [1.29, 1.82) is 0 Å². The number of hydrogen-bond donors (Lipinski definition) is 2. The fourth-order valence-corrected chi connectivity index (χ4v) is 9.19. The van der Waals surface area contributed by atoms with E-state index in [1.165, 1.54) is 11.8 Å². The topological polar surface area (TPSA) is 104 Å². The molecule has 9 nitrogen and oxygen atoms in total. The fraction of sp³-hybridized carbons (Fsp3) is 0.410. The number of piperazine rings is 1. The van der Waals surface area contributed by atoms with Crippen LogP contribution in [-0.2, 0) is 22.7 Å². The van der Waals surface area contributed by atoms with Crippen LogP contribution >= 0.6 is 39.3 Å². The van der Waals surface area contributed by atoms with Crippen LogP contribution in [0.5, 0.6) is 0 Å². The second-order valence-electron chi connectivity index (χ2n) is 13.4. The summed E-state index contributed by atoms with van der Waals surface area (Å²) < 4.78 is 2.00. The number of fused-ring (bicyclic) bond motifs is 1. The molecule has 0 saturated carbocycles. The van der Waals surface area contributed by atoms with Gasteiger partial charge in [0.15, 0.2) is 0 Å². The van der Waals surface area contributed by atoms with Gasteiger partial charge in [-0.25, -0.2) is 4.79 Å². The molecule has 0 unspecified atom stereocenters. The molecule has 0 bridgehead atoms. The number of rotatable bonds is 12. The summed E-state index contributed by atoms with van der Waals surface area (Å²) in [5.41, 5.74) is 9.81. The molecule has 4 amide bonds. The summed E-state index contributed by atoms with van der Waals surface area (Å²) in [5.74, 6) is -0.160. The molecular weight excluding hydrogens is 748 g/mol. The van der Waals surface area contributed by atoms with E-state index in [0.717, 1.165) is 62.8 Å². The van der Waals surface area contributed by atoms with Crippen molar-refractivity contribution in [3.05, 3.63) is 99.1 Å². The molecule has 3 heterocycles. The Bertz CT molecular complexity index is 1860. The zero-order valence-electron chi connectivity index (χ0n) is 29.2. The number of benzene rings is 3. The lowest BCUT2D eigenvalue weighted by molar-refractivity contribution is -0.136. The molecule has 2 aliphatic heterocycles. The van der Waals surface area contributed by atoms with E-state index in [9.17, 15) is 9.59 Å². The summed E-state index contributed by atoms with van der Waals surface area (Å²) in [5, 5.41) is 4.48. The van der Waals surface area contributed by atoms with Crippen LogP contribution < -0.4 is 11.1 Å². The number of aryl methyl sites for hydroxylation is 2. The highest BCUT2D eigenvalue weighted by atomic mass is 79.9. The van der Waals surface area contributed by atoms with Crippen molar-refractivity contribution in [3.8, 4) is 0 Å². The number of carbonyl (C=O) groups excluding carboxylic acids is 3. The normalized spacial score (nSPS) is 19.3. The van der Waals surface area contributed by atoms with Gasteiger partial charge >= 0.3 is 6.03 Å². The van der Waals surface area contributed by atoms with Gasteiger partial charge in [0.2, 0.25) is 11.8 Å². The Morgan fingerprint density at radius 3 is 2.37 bits per heavy atom. The average molecular weight is 794 g/mol. The predicted molar refractivity (Wildman–Crippen MR) is 209 cm³/mol. The molecule has 1 aromatic heterocycles. The Morgan fingerprint density at radius 2 is 1.69 bits per heavy atom. The van der Waals surface area contributed by atoms with Gasteiger partial charge in [-0.15, -0.1) is 11.8 Å². The quantitative estimate of drug-likeness (QED) is 0.146. The zero-order valence-corrected chi connectivity index (χ0v) is 32.4. The number of halogens is 2. The summed E-state index contributed by atoms with van der Waals surface area (Å²) in [6, 6.07) is 21.4. The van der Waals surface area contributed by atoms with E-state index in [1.54, 1.807) is 4.90 Å². The Balaban J connectivity index is 1.49. The SMILES string of the molecule is CCNC(=O)N1CCN(C(=O)[C@]2(Sc3ccc(C)cc3)CC(=O)N(Cc3ccc(Br)cc3)[C@H]2c2cn(CCCCCN)c3cc(Cl)ccc23)CC1. The Hall–Kier alpha value is -3.51. The lowest BCUT2D eigenvalue weighted by atomic mass is 9.90. The van der Waals surface area contributed by atoms with Crippen molar-refractivity contribution < 1.29 is 14.4 Å². The second kappa shape index (κ2) is 16.4. The van der Waals surface area contributed by atoms with Gasteiger partial charge in [-0.2, -0.15) is 0 Å². The summed E-state index contributed by atoms with van der Waals surface area (Å²) >= 11 is 11.6. The first-order chi connectivity index (χ1) is 24.6. The van der Waals surface area contributed by atoms with Crippen molar-refractivity contribution in [1.82, 2.24) is 24.6 Å². The van der Waals surface area contributed by atoms with Gasteiger partial charge in [-0.1, -0.05) is 69.8 Å². The first-order valence-electron chi connectivity index (χ1n) is 17.7. The average Bonchev–Trinajstić information content (AvgIpc) is 3.61. The lowest BCUT2D eigenvalue weighted by Gasteiger charge is -2.42. The number of nitrogens with one attached hydrogen (secondary N) is 1. The molecular formula is C39H46BrClN6O3S. The van der Waals surface area contributed by atoms with Crippen LogP contribution in [0.3, 0.4) is 0 Å². The Morgan fingerprint density at radius 1 is 0.980 bits per heavy atom. The van der Waals surface area contributed by atoms with Gasteiger partial charge in [-0.05, 0) is 75.2 Å². The Labute approximate surface area is 318 Å². The monoisotopic (exact) mass is 792 g/mol. The first-order valence-corrected chi connectivity index (χ1v) is 19.7. The van der Waals surface area contributed by atoms with E-state index >= 15 is 4.79 Å². The van der Waals surface area contributed by atoms with Crippen molar-refractivity contribution in [2.24, 2.45) is 5.73 Å². The number of aromatic nitrogens is 1. The number of nitrogens with zero attached hydrogens (tertiary/aromatic N) is 4. The summed E-state index contributed by atoms with van der Waals surface area (Å²) in [6.45, 7) is 7.85. The minimum atomic E-state index is -1.19. The summed E-state index contributed by atoms with van der Waals surface area (Å²) in [6.07, 6.45) is 5.07. The third-order valence-electron chi connectivity index (χ3n) is 9.89. The van der Waals surface area contributed by atoms with Gasteiger partial charge in [-0.3, -0.25) is 9.59 Å². The number of hydrogen-bond acceptors (Lipinski definition) is 5. The minimum absolute atomic E-state index is 0.0405. The molecule has 270 valence electrons. The highest BCUT2D eigenvalue weighted by Gasteiger charge is 2.60. The third kappa shape index (κ3) is 8.11. The van der Waals surface area contributed by atoms with Crippen molar-refractivity contribution >= 4 is 68.0 Å². The van der Waals surface area contributed by atoms with Crippen molar-refractivity contribution in [2.45, 2.75) is 68.3 Å². The first kappa shape index (κ1) is 37.3. The zero-order chi connectivity index (χ0) is 36.1. The van der Waals surface area contributed by atoms with Gasteiger partial charge in [0.25, 0.3) is 0 Å². The number of nitrogens with two attached hydrogens (primary N) is 1. The molecule has 3 aromatic carbocycles. The van der Waals surface area contributed by atoms with E-state index < -0.39 is 10.8 Å². The largest absolute Gasteiger partial charge is 0.347 e. The third-order valence-corrected chi connectivity index (χ3v) is 12.1. The molecule has 12 heteroatoms. The fourth-order valence-electron chi connectivity index (χ4n) is 7.29. The maximum atomic E-state index is 15.4. The van der Waals surface area contributed by atoms with Gasteiger partial charge in [0.1, 0.15) is 4.75 Å². The molecule has 4 aromatic rings. The number of unbranched alkanes of at least 4 members (excludes halogenated alkanes) is 2. The van der Waals surface area contributed by atoms with E-state index in [2.05, 4.69) is 32.0 Å². The molecule has 0 spiro atoms. The molecule has 6 rings (SSSR count). The maximum absolute atomic E-state index is 15.4. The number of likely N-dealkylation sites (tertiary alicyclic amines) is 1. The van der Waals surface area contributed by atoms with Crippen molar-refractivity contribution in [2.75, 3.05) is 39.3 Å². The predicted octanol–water partition coefficient (Wildman–Crippen LogP) is 7.37. The molecule has 2 saturated heterocycles. The van der Waals surface area contributed by atoms with E-state index in [1.807, 2.05) is 90.4 Å². The highest BCUT2D eigenvalue weighted by Crippen LogP contribution is 2.55. The number of amides is 4. The van der Waals surface area contributed by atoms with Crippen LogP contribution in [0.4, 0.5) is 4.79 Å². The van der Waals surface area contributed by atoms with Crippen LogP contribution in [0.1, 0.15) is 55.3 Å². The maximum Gasteiger partial charge on any atom is 0.317 e. The smallest absolute Gasteiger partial charge is 0.317 e. The molecule has 0 aliphatic carbocycles. The van der Waals surface area contributed by atoms with Crippen molar-refractivity contribution in [3.63, 3.8) is 0 Å². The molecule has 3 N–H and O–H groups in total. The molecule has 51 heavy (non-hydrogen) atoms. The lowest BCUT2D eigenvalue weighted by Crippen LogP contribution is -2.58. The van der Waals surface area contributed by atoms with E-state index in [4.69, 9.17) is 17.3 Å². The van der Waals surface area contributed by atoms with Gasteiger partial charge in [0.05, 0.1) is 12.5 Å². The molecule has 0 radical (unpaired) electrons. The second-order valence-corrected chi connectivity index (χ2v) is 16.2. The minimum Gasteiger partial charge on any atom is -0.347 e. The van der Waals surface area contributed by atoms with Crippen LogP contribution in [0, 0.1) is 6.92 Å². The molecule has 2 fully saturated rings. The van der Waals surface area contributed by atoms with E-state index in [-0.39, 0.29) is 24.3 Å². The Kier molecular flexibility index (Phi) is 12.0. The number of carbonyl (C=O) groups is 3. The van der Waals surface area contributed by atoms with Gasteiger partial charge < -0.3 is 30.3 Å². The van der Waals surface area contributed by atoms with Gasteiger partial charge in [0, 0.05) is 82.9 Å². The number of thioether (sulfide) groups is 1. The number of urea groups is 1. The highest BCUT2D eigenvalue weighted by molar-refractivity contribution is 9.10. The summed E-state index contributed by atoms with van der Waals surface area (Å²) in [4.78, 5) is 49.1. The van der Waals surface area contributed by atoms with Crippen LogP contribution in [0.2, 0.25) is 5.02 Å². The standard InChI is InChI=1S/C39H46BrClN6O3S/c1-3-43-38(50)45-21-19-44(20-22-45)37(49)39(51-31-14-7-27(2)8-15-31)24-35(48)47(25-28-9-11-29(40)12-10-28)36(39)33-26-46(18-6-4-5-17-42)34-23-30(41)13-16-32(33)34/h7-16,23,26,36H,3-6,17-22,24-25,42H2,1-2H3,(H,43,50)/t36-,39-/m0/s1. The van der Waals surface area contributed by atoms with E-state index in [0.29, 0.717) is 50.8 Å².